The molecule has 1 saturated heterocycles. The number of nitriles is 1. The molecule has 3 aromatic carbocycles. The number of aromatic nitrogens is 1. The summed E-state index contributed by atoms with van der Waals surface area (Å²) in [5, 5.41) is 16.0. The quantitative estimate of drug-likeness (QED) is 0.0910. The highest BCUT2D eigenvalue weighted by atomic mass is 19.1. The Balaban J connectivity index is 0.000000396. The van der Waals surface area contributed by atoms with Crippen LogP contribution in [0.4, 0.5) is 10.2 Å². The molecule has 0 saturated carbocycles. The monoisotopic (exact) mass is 669 g/mol. The number of carbonyl (C=O) groups is 3. The SMILES string of the molecule is C=C/C=C\C=C/CC(C)NC(=O)c1ccc2nc(NC(=O)c3ccccc3C3CCB(C#N)C3)ccc2c1.CN(C=O)Cc1ccc(F)cc1. The first-order valence-electron chi connectivity index (χ1n) is 16.6. The number of allylic oxidation sites excluding steroid dienone is 4. The van der Waals surface area contributed by atoms with Crippen LogP contribution in [0, 0.1) is 17.0 Å². The minimum absolute atomic E-state index is 0.0137. The van der Waals surface area contributed by atoms with Crippen molar-refractivity contribution in [1.29, 1.82) is 5.26 Å². The van der Waals surface area contributed by atoms with Crippen LogP contribution in [0.5, 0.6) is 0 Å². The van der Waals surface area contributed by atoms with Gasteiger partial charge in [0.2, 0.25) is 6.41 Å². The fourth-order valence-corrected chi connectivity index (χ4v) is 5.75. The van der Waals surface area contributed by atoms with Crippen molar-refractivity contribution in [2.45, 2.75) is 50.9 Å². The van der Waals surface area contributed by atoms with Gasteiger partial charge in [-0.3, -0.25) is 14.4 Å². The maximum atomic E-state index is 13.2. The standard InChI is InChI=1S/C31H31BN4O2.C9H10FNO/c1-3-4-5-6-7-10-22(2)34-30(37)24-13-15-28-23(19-24)14-16-29(35-28)36-31(38)27-12-9-8-11-26(27)25-17-18-32(20-25)21-33;1-11(7-12)6-8-2-4-9(10)5-3-8/h3-9,11-16,19,22,25H,1,10,17-18,20H2,2H3,(H,34,37)(H,35,36,38);2-5,7H,6H2,1H3/b5-4-,7-6-;. The molecule has 5 rings (SSSR count). The van der Waals surface area contributed by atoms with Gasteiger partial charge in [0, 0.05) is 42.1 Å². The Kier molecular flexibility index (Phi) is 13.8. The number of halogens is 1. The fraction of sp³-hybridized carbons (Fsp3) is 0.225. The van der Waals surface area contributed by atoms with Crippen LogP contribution in [-0.2, 0) is 11.3 Å². The third-order valence-electron chi connectivity index (χ3n) is 8.34. The summed E-state index contributed by atoms with van der Waals surface area (Å²) in [6.45, 7) is 6.16. The third-order valence-corrected chi connectivity index (χ3v) is 8.34. The minimum atomic E-state index is -0.257. The molecule has 2 unspecified atom stereocenters. The van der Waals surface area contributed by atoms with E-state index in [0.29, 0.717) is 35.4 Å². The number of carbonyl (C=O) groups excluding carboxylic acids is 3. The average molecular weight is 670 g/mol. The molecule has 2 heterocycles. The molecule has 0 bridgehead atoms. The summed E-state index contributed by atoms with van der Waals surface area (Å²) < 4.78 is 12.4. The van der Waals surface area contributed by atoms with Crippen molar-refractivity contribution < 1.29 is 18.8 Å². The van der Waals surface area contributed by atoms with Gasteiger partial charge in [0.05, 0.1) is 5.52 Å². The third kappa shape index (κ3) is 10.9. The van der Waals surface area contributed by atoms with E-state index < -0.39 is 0 Å². The number of fused-ring (bicyclic) bond motifs is 1. The molecule has 1 aliphatic rings. The van der Waals surface area contributed by atoms with Gasteiger partial charge < -0.3 is 15.5 Å². The van der Waals surface area contributed by atoms with E-state index in [9.17, 15) is 24.0 Å². The van der Waals surface area contributed by atoms with E-state index in [2.05, 4.69) is 28.2 Å². The number of rotatable bonds is 12. The van der Waals surface area contributed by atoms with Crippen LogP contribution >= 0.6 is 0 Å². The highest BCUT2D eigenvalue weighted by molar-refractivity contribution is 6.67. The molecule has 0 radical (unpaired) electrons. The molecule has 2 atom stereocenters. The van der Waals surface area contributed by atoms with Gasteiger partial charge in [-0.2, -0.15) is 0 Å². The average Bonchev–Trinajstić information content (AvgIpc) is 3.62. The Morgan fingerprint density at radius 2 is 1.86 bits per heavy atom. The number of amides is 3. The van der Waals surface area contributed by atoms with Crippen molar-refractivity contribution in [2.24, 2.45) is 0 Å². The smallest absolute Gasteiger partial charge is 0.268 e. The summed E-state index contributed by atoms with van der Waals surface area (Å²) >= 11 is 0. The van der Waals surface area contributed by atoms with Gasteiger partial charge >= 0.3 is 0 Å². The second-order valence-electron chi connectivity index (χ2n) is 12.3. The number of benzene rings is 3. The summed E-state index contributed by atoms with van der Waals surface area (Å²) in [5.41, 5.74) is 3.76. The first-order chi connectivity index (χ1) is 24.2. The lowest BCUT2D eigenvalue weighted by atomic mass is 9.49. The molecule has 1 aromatic heterocycles. The predicted molar refractivity (Wildman–Crippen MR) is 198 cm³/mol. The Bertz CT molecular complexity index is 1900. The van der Waals surface area contributed by atoms with Crippen molar-refractivity contribution in [3.8, 4) is 5.97 Å². The van der Waals surface area contributed by atoms with Crippen LogP contribution in [0.15, 0.2) is 116 Å². The van der Waals surface area contributed by atoms with E-state index in [1.807, 2.05) is 61.6 Å². The Morgan fingerprint density at radius 3 is 2.58 bits per heavy atom. The molecule has 1 aliphatic heterocycles. The molecule has 4 aromatic rings. The lowest BCUT2D eigenvalue weighted by Crippen LogP contribution is -2.32. The van der Waals surface area contributed by atoms with Crippen LogP contribution in [0.2, 0.25) is 12.6 Å². The zero-order valence-corrected chi connectivity index (χ0v) is 28.4. The van der Waals surface area contributed by atoms with Crippen molar-refractivity contribution in [2.75, 3.05) is 12.4 Å². The zero-order chi connectivity index (χ0) is 35.9. The first-order valence-corrected chi connectivity index (χ1v) is 16.6. The summed E-state index contributed by atoms with van der Waals surface area (Å²) in [6.07, 6.45) is 13.4. The van der Waals surface area contributed by atoms with E-state index in [-0.39, 0.29) is 36.3 Å². The lowest BCUT2D eigenvalue weighted by Gasteiger charge is -2.15. The van der Waals surface area contributed by atoms with Crippen molar-refractivity contribution in [3.63, 3.8) is 0 Å². The highest BCUT2D eigenvalue weighted by Gasteiger charge is 2.31. The van der Waals surface area contributed by atoms with Gasteiger partial charge in [-0.1, -0.05) is 86.4 Å². The van der Waals surface area contributed by atoms with Crippen LogP contribution < -0.4 is 10.6 Å². The predicted octanol–water partition coefficient (Wildman–Crippen LogP) is 7.75. The second kappa shape index (κ2) is 18.7. The number of hydrogen-bond donors (Lipinski definition) is 2. The van der Waals surface area contributed by atoms with Gasteiger partial charge in [-0.15, -0.1) is 0 Å². The molecule has 8 nitrogen and oxygen atoms in total. The van der Waals surface area contributed by atoms with Crippen LogP contribution in [0.25, 0.3) is 10.9 Å². The lowest BCUT2D eigenvalue weighted by molar-refractivity contribution is -0.117. The van der Waals surface area contributed by atoms with Crippen molar-refractivity contribution >= 4 is 41.7 Å². The van der Waals surface area contributed by atoms with E-state index in [0.717, 1.165) is 42.0 Å². The van der Waals surface area contributed by atoms with Gasteiger partial charge in [0.15, 0.2) is 0 Å². The maximum Gasteiger partial charge on any atom is 0.268 e. The number of hydrogen-bond acceptors (Lipinski definition) is 5. The highest BCUT2D eigenvalue weighted by Crippen LogP contribution is 2.37. The molecule has 0 spiro atoms. The van der Waals surface area contributed by atoms with Crippen LogP contribution in [-0.4, -0.2) is 47.9 Å². The van der Waals surface area contributed by atoms with Gasteiger partial charge in [0.1, 0.15) is 11.6 Å². The van der Waals surface area contributed by atoms with E-state index in [1.54, 1.807) is 49.5 Å². The first kappa shape index (κ1) is 37.0. The molecule has 0 aliphatic carbocycles. The molecular weight excluding hydrogens is 628 g/mol. The maximum absolute atomic E-state index is 13.2. The summed E-state index contributed by atoms with van der Waals surface area (Å²) in [7, 11) is 1.68. The molecule has 10 heteroatoms. The molecular formula is C40H41BFN5O3. The van der Waals surface area contributed by atoms with Gasteiger partial charge in [-0.05, 0) is 78.9 Å². The molecule has 2 N–H and O–H groups in total. The second-order valence-corrected chi connectivity index (χ2v) is 12.3. The number of pyridine rings is 1. The van der Waals surface area contributed by atoms with E-state index in [4.69, 9.17) is 0 Å². The van der Waals surface area contributed by atoms with Crippen molar-refractivity contribution in [1.82, 2.24) is 15.2 Å². The summed E-state index contributed by atoms with van der Waals surface area (Å²) in [4.78, 5) is 42.2. The molecule has 50 heavy (non-hydrogen) atoms. The van der Waals surface area contributed by atoms with Gasteiger partial charge in [-0.25, -0.2) is 14.6 Å². The van der Waals surface area contributed by atoms with Gasteiger partial charge in [0.25, 0.3) is 18.5 Å². The largest absolute Gasteiger partial charge is 0.349 e. The fourth-order valence-electron chi connectivity index (χ4n) is 5.75. The summed E-state index contributed by atoms with van der Waals surface area (Å²) in [5.74, 6) is 2.40. The number of anilines is 1. The molecule has 3 amide bonds. The molecule has 1 fully saturated rings. The zero-order valence-electron chi connectivity index (χ0n) is 28.4. The van der Waals surface area contributed by atoms with Crippen LogP contribution in [0.3, 0.4) is 0 Å². The van der Waals surface area contributed by atoms with E-state index in [1.165, 1.54) is 17.0 Å². The Morgan fingerprint density at radius 1 is 1.08 bits per heavy atom. The van der Waals surface area contributed by atoms with Crippen molar-refractivity contribution in [3.05, 3.63) is 144 Å². The Hall–Kier alpha value is -5.82. The number of nitrogens with zero attached hydrogens (tertiary/aromatic N) is 3. The van der Waals surface area contributed by atoms with Crippen LogP contribution in [0.1, 0.15) is 57.5 Å². The summed E-state index contributed by atoms with van der Waals surface area (Å²) in [6, 6.07) is 22.6. The van der Waals surface area contributed by atoms with E-state index >= 15 is 0 Å². The minimum Gasteiger partial charge on any atom is -0.349 e. The normalized spacial score (nSPS) is 14.4. The topological polar surface area (TPSA) is 115 Å². The number of nitrogens with one attached hydrogen (secondary N) is 2. The Labute approximate surface area is 293 Å². The molecule has 254 valence electrons.